The zero-order chi connectivity index (χ0) is 13.3. The number of anilines is 1. The Morgan fingerprint density at radius 1 is 1.56 bits per heavy atom. The maximum atomic E-state index is 11.4. The second-order valence-electron chi connectivity index (χ2n) is 4.16. The highest BCUT2D eigenvalue weighted by atomic mass is 32.2. The Morgan fingerprint density at radius 3 is 2.83 bits per heavy atom. The molecule has 9 heteroatoms. The van der Waals surface area contributed by atoms with E-state index in [1.807, 2.05) is 0 Å². The van der Waals surface area contributed by atoms with Gasteiger partial charge in [0.2, 0.25) is 5.88 Å². The van der Waals surface area contributed by atoms with E-state index >= 15 is 0 Å². The Kier molecular flexibility index (Phi) is 3.26. The number of rotatable bonds is 3. The lowest BCUT2D eigenvalue weighted by molar-refractivity contribution is -0.401. The van der Waals surface area contributed by atoms with Crippen LogP contribution in [0.4, 0.5) is 11.8 Å². The summed E-state index contributed by atoms with van der Waals surface area (Å²) in [5.41, 5.74) is 2.84. The van der Waals surface area contributed by atoms with Gasteiger partial charge >= 0.3 is 5.88 Å². The minimum Gasteiger partial charge on any atom is -0.383 e. The Balaban J connectivity index is 2.03. The van der Waals surface area contributed by atoms with Gasteiger partial charge in [0, 0.05) is 18.7 Å². The number of hydrogen-bond acceptors (Lipinski definition) is 7. The molecular formula is C9H13N3O5S. The van der Waals surface area contributed by atoms with Gasteiger partial charge in [-0.1, -0.05) is 0 Å². The molecule has 100 valence electrons. The van der Waals surface area contributed by atoms with Gasteiger partial charge in [0.25, 0.3) is 0 Å². The first-order valence-electron chi connectivity index (χ1n) is 5.35. The van der Waals surface area contributed by atoms with Crippen LogP contribution in [0.3, 0.4) is 0 Å². The average molecular weight is 275 g/mol. The SMILES string of the molecule is CC1CS(=O)(=O)CCN1Nc1ccc([N+](=O)[O-])o1. The van der Waals surface area contributed by atoms with E-state index in [1.54, 1.807) is 11.9 Å². The van der Waals surface area contributed by atoms with E-state index in [2.05, 4.69) is 5.43 Å². The third-order valence-corrected chi connectivity index (χ3v) is 4.49. The largest absolute Gasteiger partial charge is 0.434 e. The minimum atomic E-state index is -2.99. The molecular weight excluding hydrogens is 262 g/mol. The minimum absolute atomic E-state index is 0.0583. The monoisotopic (exact) mass is 275 g/mol. The van der Waals surface area contributed by atoms with Crippen molar-refractivity contribution in [1.82, 2.24) is 5.01 Å². The molecule has 0 amide bonds. The predicted molar refractivity (Wildman–Crippen MR) is 63.8 cm³/mol. The molecule has 1 aromatic heterocycles. The number of hydrogen-bond donors (Lipinski definition) is 1. The Bertz CT molecular complexity index is 552. The Labute approximate surface area is 104 Å². The fourth-order valence-electron chi connectivity index (χ4n) is 1.79. The predicted octanol–water partition coefficient (Wildman–Crippen LogP) is 0.634. The van der Waals surface area contributed by atoms with Gasteiger partial charge in [-0.05, 0) is 6.92 Å². The van der Waals surface area contributed by atoms with Gasteiger partial charge in [-0.3, -0.25) is 15.5 Å². The summed E-state index contributed by atoms with van der Waals surface area (Å²) in [6, 6.07) is 2.47. The number of hydrazine groups is 1. The van der Waals surface area contributed by atoms with Crippen LogP contribution < -0.4 is 5.43 Å². The van der Waals surface area contributed by atoms with Crippen LogP contribution in [0, 0.1) is 10.1 Å². The molecule has 1 atom stereocenters. The van der Waals surface area contributed by atoms with E-state index in [4.69, 9.17) is 4.42 Å². The molecule has 1 unspecified atom stereocenters. The van der Waals surface area contributed by atoms with Gasteiger partial charge in [-0.15, -0.1) is 0 Å². The van der Waals surface area contributed by atoms with Gasteiger partial charge in [-0.25, -0.2) is 13.4 Å². The average Bonchev–Trinajstić information content (AvgIpc) is 2.70. The number of nitro groups is 1. The lowest BCUT2D eigenvalue weighted by Crippen LogP contribution is -2.49. The highest BCUT2D eigenvalue weighted by molar-refractivity contribution is 7.91. The molecule has 0 saturated carbocycles. The third kappa shape index (κ3) is 2.79. The molecule has 0 bridgehead atoms. The molecule has 18 heavy (non-hydrogen) atoms. The van der Waals surface area contributed by atoms with Crippen molar-refractivity contribution >= 4 is 21.6 Å². The first-order valence-corrected chi connectivity index (χ1v) is 7.17. The van der Waals surface area contributed by atoms with Gasteiger partial charge in [0.15, 0.2) is 9.84 Å². The number of nitrogens with one attached hydrogen (secondary N) is 1. The molecule has 0 radical (unpaired) electrons. The first kappa shape index (κ1) is 12.8. The van der Waals surface area contributed by atoms with E-state index in [1.165, 1.54) is 12.1 Å². The summed E-state index contributed by atoms with van der Waals surface area (Å²) < 4.78 is 27.7. The molecule has 8 nitrogen and oxygen atoms in total. The topological polar surface area (TPSA) is 106 Å². The summed E-state index contributed by atoms with van der Waals surface area (Å²) in [7, 11) is -2.99. The van der Waals surface area contributed by atoms with E-state index < -0.39 is 14.8 Å². The van der Waals surface area contributed by atoms with Crippen LogP contribution in [0.2, 0.25) is 0 Å². The summed E-state index contributed by atoms with van der Waals surface area (Å²) in [5, 5.41) is 12.1. The fraction of sp³-hybridized carbons (Fsp3) is 0.556. The normalized spacial score (nSPS) is 23.7. The van der Waals surface area contributed by atoms with E-state index in [-0.39, 0.29) is 29.3 Å². The van der Waals surface area contributed by atoms with Crippen LogP contribution in [0.1, 0.15) is 6.92 Å². The zero-order valence-corrected chi connectivity index (χ0v) is 10.5. The van der Waals surface area contributed by atoms with Gasteiger partial charge < -0.3 is 4.42 Å². The van der Waals surface area contributed by atoms with Gasteiger partial charge in [-0.2, -0.15) is 0 Å². The highest BCUT2D eigenvalue weighted by Crippen LogP contribution is 2.22. The molecule has 2 rings (SSSR count). The van der Waals surface area contributed by atoms with Crippen molar-refractivity contribution in [2.75, 3.05) is 23.5 Å². The van der Waals surface area contributed by atoms with E-state index in [0.29, 0.717) is 6.54 Å². The van der Waals surface area contributed by atoms with Gasteiger partial charge in [0.05, 0.1) is 17.6 Å². The molecule has 1 aliphatic heterocycles. The molecule has 1 aliphatic rings. The van der Waals surface area contributed by atoms with Crippen LogP contribution >= 0.6 is 0 Å². The fourth-order valence-corrected chi connectivity index (χ4v) is 3.35. The van der Waals surface area contributed by atoms with E-state index in [0.717, 1.165) is 0 Å². The van der Waals surface area contributed by atoms with Crippen molar-refractivity contribution in [3.63, 3.8) is 0 Å². The smallest absolute Gasteiger partial charge is 0.383 e. The van der Waals surface area contributed by atoms with Crippen LogP contribution in [-0.2, 0) is 9.84 Å². The van der Waals surface area contributed by atoms with Crippen molar-refractivity contribution in [2.24, 2.45) is 0 Å². The molecule has 1 fully saturated rings. The second kappa shape index (κ2) is 4.58. The second-order valence-corrected chi connectivity index (χ2v) is 6.39. The molecule has 0 spiro atoms. The van der Waals surface area contributed by atoms with Crippen LogP contribution in [-0.4, -0.2) is 42.4 Å². The maximum Gasteiger partial charge on any atom is 0.434 e. The van der Waals surface area contributed by atoms with Crippen LogP contribution in [0.15, 0.2) is 16.5 Å². The number of sulfone groups is 1. The summed E-state index contributed by atoms with van der Waals surface area (Å²) >= 11 is 0. The molecule has 1 aromatic rings. The zero-order valence-electron chi connectivity index (χ0n) is 9.70. The lowest BCUT2D eigenvalue weighted by Gasteiger charge is -2.32. The van der Waals surface area contributed by atoms with Crippen molar-refractivity contribution in [3.05, 3.63) is 22.2 Å². The van der Waals surface area contributed by atoms with Crippen molar-refractivity contribution in [2.45, 2.75) is 13.0 Å². The first-order chi connectivity index (χ1) is 8.37. The molecule has 0 aliphatic carbocycles. The summed E-state index contributed by atoms with van der Waals surface area (Å²) in [5.74, 6) is -0.00159. The molecule has 0 aromatic carbocycles. The molecule has 1 saturated heterocycles. The lowest BCUT2D eigenvalue weighted by atomic mass is 10.3. The van der Waals surface area contributed by atoms with Crippen LogP contribution in [0.5, 0.6) is 0 Å². The summed E-state index contributed by atoms with van der Waals surface area (Å²) in [6.07, 6.45) is 0. The Morgan fingerprint density at radius 2 is 2.28 bits per heavy atom. The quantitative estimate of drug-likeness (QED) is 0.637. The van der Waals surface area contributed by atoms with Gasteiger partial charge in [0.1, 0.15) is 4.92 Å². The number of furan rings is 1. The summed E-state index contributed by atoms with van der Waals surface area (Å²) in [4.78, 5) is 9.82. The van der Waals surface area contributed by atoms with Crippen molar-refractivity contribution < 1.29 is 17.8 Å². The van der Waals surface area contributed by atoms with Crippen LogP contribution in [0.25, 0.3) is 0 Å². The standard InChI is InChI=1S/C9H13N3O5S/c1-7-6-18(15,16)5-4-11(7)10-8-2-3-9(17-8)12(13)14/h2-3,7,10H,4-6H2,1H3. The molecule has 1 N–H and O–H groups in total. The van der Waals surface area contributed by atoms with E-state index in [9.17, 15) is 18.5 Å². The van der Waals surface area contributed by atoms with Crippen molar-refractivity contribution in [1.29, 1.82) is 0 Å². The highest BCUT2D eigenvalue weighted by Gasteiger charge is 2.28. The Hall–Kier alpha value is -1.61. The maximum absolute atomic E-state index is 11.4. The number of nitrogens with zero attached hydrogens (tertiary/aromatic N) is 2. The van der Waals surface area contributed by atoms with Crippen molar-refractivity contribution in [3.8, 4) is 0 Å². The molecule has 2 heterocycles. The summed E-state index contributed by atoms with van der Waals surface area (Å²) in [6.45, 7) is 2.08. The third-order valence-electron chi connectivity index (χ3n) is 2.70.